The zero-order valence-electron chi connectivity index (χ0n) is 10.6. The van der Waals surface area contributed by atoms with Crippen LogP contribution in [0.2, 0.25) is 5.28 Å². The number of nitrogens with zero attached hydrogens (tertiary/aromatic N) is 2. The molecule has 1 aliphatic rings. The summed E-state index contributed by atoms with van der Waals surface area (Å²) in [6.07, 6.45) is 3.62. The van der Waals surface area contributed by atoms with Gasteiger partial charge < -0.3 is 5.32 Å². The fraction of sp³-hybridized carbons (Fsp3) is 0.538. The Morgan fingerprint density at radius 2 is 2.22 bits per heavy atom. The predicted molar refractivity (Wildman–Crippen MR) is 77.6 cm³/mol. The topological polar surface area (TPSA) is 37.8 Å². The van der Waals surface area contributed by atoms with E-state index in [0.29, 0.717) is 10.7 Å². The van der Waals surface area contributed by atoms with E-state index < -0.39 is 0 Å². The second kappa shape index (κ2) is 4.35. The molecule has 0 aliphatic heterocycles. The summed E-state index contributed by atoms with van der Waals surface area (Å²) in [7, 11) is 0. The van der Waals surface area contributed by atoms with Gasteiger partial charge in [0.25, 0.3) is 0 Å². The first-order valence-electron chi connectivity index (χ1n) is 6.29. The summed E-state index contributed by atoms with van der Waals surface area (Å²) in [6, 6.07) is 2.17. The molecule has 0 saturated heterocycles. The molecule has 5 heteroatoms. The number of rotatable bonds is 4. The molecule has 0 unspecified atom stereocenters. The molecule has 0 amide bonds. The van der Waals surface area contributed by atoms with Crippen molar-refractivity contribution in [1.82, 2.24) is 9.97 Å². The van der Waals surface area contributed by atoms with Crippen LogP contribution in [-0.4, -0.2) is 16.5 Å². The Hall–Kier alpha value is -0.870. The standard InChI is InChI=1S/C13H16ClN3S/c1-3-8-6-9-10(15-7-13(2)4-5-13)16-12(14)17-11(9)18-8/h6H,3-5,7H2,1-2H3,(H,15,16,17). The second-order valence-corrected chi connectivity index (χ2v) is 6.74. The molecular weight excluding hydrogens is 266 g/mol. The number of aryl methyl sites for hydroxylation is 1. The van der Waals surface area contributed by atoms with Gasteiger partial charge in [0.05, 0.1) is 5.39 Å². The van der Waals surface area contributed by atoms with Gasteiger partial charge in [-0.15, -0.1) is 11.3 Å². The molecule has 2 heterocycles. The summed E-state index contributed by atoms with van der Waals surface area (Å²) in [5.41, 5.74) is 0.452. The highest BCUT2D eigenvalue weighted by molar-refractivity contribution is 7.18. The van der Waals surface area contributed by atoms with Crippen molar-refractivity contribution in [1.29, 1.82) is 0 Å². The summed E-state index contributed by atoms with van der Waals surface area (Å²) in [5, 5.41) is 4.87. The van der Waals surface area contributed by atoms with Crippen molar-refractivity contribution in [2.45, 2.75) is 33.1 Å². The monoisotopic (exact) mass is 281 g/mol. The third-order valence-electron chi connectivity index (χ3n) is 3.55. The molecule has 3 rings (SSSR count). The van der Waals surface area contributed by atoms with E-state index in [1.165, 1.54) is 17.7 Å². The van der Waals surface area contributed by atoms with Crippen molar-refractivity contribution >= 4 is 39.0 Å². The molecular formula is C13H16ClN3S. The van der Waals surface area contributed by atoms with Gasteiger partial charge in [0.2, 0.25) is 5.28 Å². The van der Waals surface area contributed by atoms with Gasteiger partial charge in [-0.2, -0.15) is 0 Å². The number of hydrogen-bond donors (Lipinski definition) is 1. The van der Waals surface area contributed by atoms with Gasteiger partial charge in [0, 0.05) is 11.4 Å². The zero-order chi connectivity index (χ0) is 12.8. The number of fused-ring (bicyclic) bond motifs is 1. The first kappa shape index (κ1) is 12.2. The number of aromatic nitrogens is 2. The minimum absolute atomic E-state index is 0.329. The average Bonchev–Trinajstić information content (AvgIpc) is 2.92. The molecule has 2 aromatic rings. The van der Waals surface area contributed by atoms with Gasteiger partial charge in [-0.25, -0.2) is 9.97 Å². The Bertz CT molecular complexity index is 589. The van der Waals surface area contributed by atoms with E-state index >= 15 is 0 Å². The van der Waals surface area contributed by atoms with Crippen molar-refractivity contribution < 1.29 is 0 Å². The lowest BCUT2D eigenvalue weighted by molar-refractivity contribution is 0.610. The predicted octanol–water partition coefficient (Wildman–Crippen LogP) is 4.12. The number of hydrogen-bond acceptors (Lipinski definition) is 4. The van der Waals surface area contributed by atoms with Crippen LogP contribution in [0.4, 0.5) is 5.82 Å². The minimum atomic E-state index is 0.329. The Labute approximate surface area is 116 Å². The molecule has 0 radical (unpaired) electrons. The number of halogens is 1. The fourth-order valence-electron chi connectivity index (χ4n) is 1.94. The molecule has 18 heavy (non-hydrogen) atoms. The maximum Gasteiger partial charge on any atom is 0.225 e. The maximum atomic E-state index is 5.99. The smallest absolute Gasteiger partial charge is 0.225 e. The summed E-state index contributed by atoms with van der Waals surface area (Å²) in [6.45, 7) is 5.41. The fourth-order valence-corrected chi connectivity index (χ4v) is 3.13. The van der Waals surface area contributed by atoms with Crippen LogP contribution in [-0.2, 0) is 6.42 Å². The second-order valence-electron chi connectivity index (χ2n) is 5.29. The van der Waals surface area contributed by atoms with E-state index in [9.17, 15) is 0 Å². The maximum absolute atomic E-state index is 5.99. The molecule has 0 spiro atoms. The van der Waals surface area contributed by atoms with Crippen LogP contribution in [0.3, 0.4) is 0 Å². The third kappa shape index (κ3) is 2.31. The van der Waals surface area contributed by atoms with E-state index in [4.69, 9.17) is 11.6 Å². The van der Waals surface area contributed by atoms with E-state index in [2.05, 4.69) is 35.2 Å². The highest BCUT2D eigenvalue weighted by atomic mass is 35.5. The number of anilines is 1. The van der Waals surface area contributed by atoms with E-state index in [-0.39, 0.29) is 0 Å². The largest absolute Gasteiger partial charge is 0.369 e. The molecule has 96 valence electrons. The van der Waals surface area contributed by atoms with Crippen molar-refractivity contribution in [2.75, 3.05) is 11.9 Å². The van der Waals surface area contributed by atoms with Crippen LogP contribution in [0.15, 0.2) is 6.07 Å². The summed E-state index contributed by atoms with van der Waals surface area (Å²) in [5.74, 6) is 0.883. The zero-order valence-corrected chi connectivity index (χ0v) is 12.2. The molecule has 2 aromatic heterocycles. The molecule has 0 aromatic carbocycles. The minimum Gasteiger partial charge on any atom is -0.369 e. The summed E-state index contributed by atoms with van der Waals surface area (Å²) >= 11 is 7.69. The van der Waals surface area contributed by atoms with Gasteiger partial charge in [-0.05, 0) is 42.3 Å². The molecule has 1 aliphatic carbocycles. The number of thiophene rings is 1. The lowest BCUT2D eigenvalue weighted by Gasteiger charge is -2.11. The first-order chi connectivity index (χ1) is 8.59. The lowest BCUT2D eigenvalue weighted by atomic mass is 10.1. The Balaban J connectivity index is 1.95. The molecule has 3 nitrogen and oxygen atoms in total. The van der Waals surface area contributed by atoms with E-state index in [1.54, 1.807) is 11.3 Å². The van der Waals surface area contributed by atoms with Gasteiger partial charge in [0.15, 0.2) is 0 Å². The Morgan fingerprint density at radius 1 is 1.44 bits per heavy atom. The van der Waals surface area contributed by atoms with Crippen LogP contribution in [0.5, 0.6) is 0 Å². The van der Waals surface area contributed by atoms with Crippen molar-refractivity contribution in [3.05, 3.63) is 16.2 Å². The molecule has 1 N–H and O–H groups in total. The first-order valence-corrected chi connectivity index (χ1v) is 7.49. The SMILES string of the molecule is CCc1cc2c(NCC3(C)CC3)nc(Cl)nc2s1. The summed E-state index contributed by atoms with van der Waals surface area (Å²) in [4.78, 5) is 10.9. The Morgan fingerprint density at radius 3 is 2.89 bits per heavy atom. The lowest BCUT2D eigenvalue weighted by Crippen LogP contribution is -2.13. The third-order valence-corrected chi connectivity index (χ3v) is 4.89. The summed E-state index contributed by atoms with van der Waals surface area (Å²) < 4.78 is 0. The van der Waals surface area contributed by atoms with E-state index in [0.717, 1.165) is 29.0 Å². The number of nitrogens with one attached hydrogen (secondary N) is 1. The van der Waals surface area contributed by atoms with Gasteiger partial charge >= 0.3 is 0 Å². The van der Waals surface area contributed by atoms with Crippen molar-refractivity contribution in [3.8, 4) is 0 Å². The molecule has 1 saturated carbocycles. The van der Waals surface area contributed by atoms with E-state index in [1.807, 2.05) is 0 Å². The normalized spacial score (nSPS) is 17.1. The van der Waals surface area contributed by atoms with Gasteiger partial charge in [0.1, 0.15) is 10.6 Å². The molecule has 0 bridgehead atoms. The van der Waals surface area contributed by atoms with Crippen LogP contribution in [0, 0.1) is 5.41 Å². The van der Waals surface area contributed by atoms with Crippen LogP contribution < -0.4 is 5.32 Å². The van der Waals surface area contributed by atoms with Crippen LogP contribution >= 0.6 is 22.9 Å². The quantitative estimate of drug-likeness (QED) is 0.857. The van der Waals surface area contributed by atoms with Crippen LogP contribution in [0.1, 0.15) is 31.6 Å². The Kier molecular flexibility index (Phi) is 2.94. The highest BCUT2D eigenvalue weighted by Gasteiger charge is 2.37. The van der Waals surface area contributed by atoms with Gasteiger partial charge in [-0.3, -0.25) is 0 Å². The molecule has 0 atom stereocenters. The van der Waals surface area contributed by atoms with Crippen LogP contribution in [0.25, 0.3) is 10.2 Å². The molecule has 1 fully saturated rings. The van der Waals surface area contributed by atoms with Crippen molar-refractivity contribution in [2.24, 2.45) is 5.41 Å². The van der Waals surface area contributed by atoms with Crippen molar-refractivity contribution in [3.63, 3.8) is 0 Å². The highest BCUT2D eigenvalue weighted by Crippen LogP contribution is 2.45. The van der Waals surface area contributed by atoms with Gasteiger partial charge in [-0.1, -0.05) is 13.8 Å². The average molecular weight is 282 g/mol.